The van der Waals surface area contributed by atoms with E-state index in [1.54, 1.807) is 0 Å². The van der Waals surface area contributed by atoms with Crippen molar-refractivity contribution in [3.05, 3.63) is 288 Å². The highest BCUT2D eigenvalue weighted by atomic mass is 16.3. The second-order valence-electron chi connectivity index (χ2n) is 20.4. The van der Waals surface area contributed by atoms with Gasteiger partial charge in [0.05, 0.1) is 16.5 Å². The van der Waals surface area contributed by atoms with Gasteiger partial charge in [0.2, 0.25) is 0 Å². The third-order valence-corrected chi connectivity index (χ3v) is 16.1. The molecule has 0 fully saturated rings. The fourth-order valence-electron chi connectivity index (χ4n) is 12.9. The average Bonchev–Trinajstić information content (AvgIpc) is 4.18. The summed E-state index contributed by atoms with van der Waals surface area (Å²) in [6, 6.07) is 92.9. The molecule has 0 saturated carbocycles. The number of hydrogen-bond acceptors (Lipinski definition) is 4. The van der Waals surface area contributed by atoms with E-state index in [2.05, 4.69) is 266 Å². The van der Waals surface area contributed by atoms with Crippen molar-refractivity contribution < 1.29 is 8.83 Å². The van der Waals surface area contributed by atoms with E-state index in [0.29, 0.717) is 0 Å². The third-order valence-electron chi connectivity index (χ3n) is 16.1. The van der Waals surface area contributed by atoms with Crippen LogP contribution in [0.4, 0.5) is 34.1 Å². The standard InChI is InChI=1S/C70H48N2O2/c1-69(2)59-29-13-9-25-52(59)56-43-51(35-38-60(56)69)72(63-31-18-34-67-68(63)55-28-12-16-33-65(55)74-67)48-24-17-23-47(41-48)71(50-37-40-66-58(44-50)54-27-11-15-32-64(54)73-66)49-36-39-62-57(42-49)53-26-10-14-30-61(53)70(62,45-19-5-3-6-20-45)46-21-7-4-8-22-46/h3-44H,1-2H3. The van der Waals surface area contributed by atoms with Crippen molar-refractivity contribution in [1.82, 2.24) is 0 Å². The molecule has 2 aliphatic rings. The van der Waals surface area contributed by atoms with E-state index in [1.165, 1.54) is 55.6 Å². The number of rotatable bonds is 8. The van der Waals surface area contributed by atoms with Crippen molar-refractivity contribution in [2.75, 3.05) is 9.80 Å². The number of hydrogen-bond donors (Lipinski definition) is 0. The summed E-state index contributed by atoms with van der Waals surface area (Å²) in [7, 11) is 0. The highest BCUT2D eigenvalue weighted by Crippen LogP contribution is 2.58. The van der Waals surface area contributed by atoms with E-state index < -0.39 is 5.41 Å². The molecule has 0 amide bonds. The monoisotopic (exact) mass is 948 g/mol. The quantitative estimate of drug-likeness (QED) is 0.152. The first-order chi connectivity index (χ1) is 36.4. The molecule has 15 rings (SSSR count). The van der Waals surface area contributed by atoms with Crippen LogP contribution in [0.25, 0.3) is 66.1 Å². The molecule has 0 saturated heterocycles. The lowest BCUT2D eigenvalue weighted by Gasteiger charge is -2.34. The molecule has 0 aliphatic heterocycles. The van der Waals surface area contributed by atoms with E-state index in [4.69, 9.17) is 8.83 Å². The molecule has 350 valence electrons. The molecule has 74 heavy (non-hydrogen) atoms. The van der Waals surface area contributed by atoms with Crippen LogP contribution in [0.5, 0.6) is 0 Å². The Kier molecular flexibility index (Phi) is 9.19. The van der Waals surface area contributed by atoms with Crippen LogP contribution in [0.3, 0.4) is 0 Å². The Bertz CT molecular complexity index is 4330. The van der Waals surface area contributed by atoms with Crippen molar-refractivity contribution in [1.29, 1.82) is 0 Å². The molecule has 13 aromatic rings. The van der Waals surface area contributed by atoms with E-state index in [-0.39, 0.29) is 5.41 Å². The van der Waals surface area contributed by atoms with Crippen LogP contribution in [0.2, 0.25) is 0 Å². The molecule has 2 aromatic heterocycles. The van der Waals surface area contributed by atoms with Crippen molar-refractivity contribution >= 4 is 78.0 Å². The first-order valence-corrected chi connectivity index (χ1v) is 25.6. The number of para-hydroxylation sites is 2. The van der Waals surface area contributed by atoms with Crippen LogP contribution in [-0.4, -0.2) is 0 Å². The largest absolute Gasteiger partial charge is 0.456 e. The smallest absolute Gasteiger partial charge is 0.137 e. The van der Waals surface area contributed by atoms with E-state index in [0.717, 1.165) is 78.0 Å². The van der Waals surface area contributed by atoms with Crippen LogP contribution in [0.15, 0.2) is 264 Å². The van der Waals surface area contributed by atoms with E-state index >= 15 is 0 Å². The van der Waals surface area contributed by atoms with Gasteiger partial charge in [0.25, 0.3) is 0 Å². The van der Waals surface area contributed by atoms with Gasteiger partial charge in [-0.25, -0.2) is 0 Å². The fraction of sp³-hybridized carbons (Fsp3) is 0.0571. The van der Waals surface area contributed by atoms with Gasteiger partial charge in [-0.1, -0.05) is 184 Å². The van der Waals surface area contributed by atoms with Crippen molar-refractivity contribution in [2.45, 2.75) is 24.7 Å². The Balaban J connectivity index is 0.974. The maximum absolute atomic E-state index is 6.59. The first-order valence-electron chi connectivity index (χ1n) is 25.6. The highest BCUT2D eigenvalue weighted by molar-refractivity contribution is 6.14. The van der Waals surface area contributed by atoms with Gasteiger partial charge in [-0.05, 0) is 141 Å². The summed E-state index contributed by atoms with van der Waals surface area (Å²) in [5.41, 5.74) is 21.7. The molecule has 11 aromatic carbocycles. The minimum Gasteiger partial charge on any atom is -0.456 e. The lowest BCUT2D eigenvalue weighted by atomic mass is 9.68. The fourth-order valence-corrected chi connectivity index (χ4v) is 12.9. The molecule has 2 heterocycles. The summed E-state index contributed by atoms with van der Waals surface area (Å²) in [6.45, 7) is 4.69. The third kappa shape index (κ3) is 6.09. The molecule has 0 spiro atoms. The predicted octanol–water partition coefficient (Wildman–Crippen LogP) is 19.1. The summed E-state index contributed by atoms with van der Waals surface area (Å²) < 4.78 is 13.0. The Labute approximate surface area is 429 Å². The number of benzene rings is 11. The van der Waals surface area contributed by atoms with Gasteiger partial charge in [0.1, 0.15) is 22.3 Å². The predicted molar refractivity (Wildman–Crippen MR) is 305 cm³/mol. The molecule has 0 unspecified atom stereocenters. The number of furan rings is 2. The molecule has 0 radical (unpaired) electrons. The molecule has 4 heteroatoms. The molecule has 0 atom stereocenters. The Morgan fingerprint density at radius 2 is 0.757 bits per heavy atom. The summed E-state index contributed by atoms with van der Waals surface area (Å²) >= 11 is 0. The molecular weight excluding hydrogens is 901 g/mol. The van der Waals surface area contributed by atoms with E-state index in [9.17, 15) is 0 Å². The van der Waals surface area contributed by atoms with Gasteiger partial charge in [-0.15, -0.1) is 0 Å². The minimum absolute atomic E-state index is 0.129. The molecule has 0 N–H and O–H groups in total. The van der Waals surface area contributed by atoms with Crippen molar-refractivity contribution in [2.24, 2.45) is 0 Å². The lowest BCUT2D eigenvalue weighted by Crippen LogP contribution is -2.28. The van der Waals surface area contributed by atoms with Crippen molar-refractivity contribution in [3.8, 4) is 22.3 Å². The van der Waals surface area contributed by atoms with Crippen LogP contribution in [0, 0.1) is 0 Å². The van der Waals surface area contributed by atoms with Crippen LogP contribution in [-0.2, 0) is 10.8 Å². The maximum Gasteiger partial charge on any atom is 0.137 e. The maximum atomic E-state index is 6.59. The molecule has 2 aliphatic carbocycles. The lowest BCUT2D eigenvalue weighted by molar-refractivity contribution is 0.660. The molecule has 4 nitrogen and oxygen atoms in total. The van der Waals surface area contributed by atoms with Crippen molar-refractivity contribution in [3.63, 3.8) is 0 Å². The zero-order valence-corrected chi connectivity index (χ0v) is 41.0. The zero-order chi connectivity index (χ0) is 49.1. The Morgan fingerprint density at radius 3 is 1.50 bits per heavy atom. The second-order valence-corrected chi connectivity index (χ2v) is 20.4. The normalized spacial score (nSPS) is 13.8. The first kappa shape index (κ1) is 42.3. The summed E-state index contributed by atoms with van der Waals surface area (Å²) in [5, 5.41) is 4.31. The van der Waals surface area contributed by atoms with Crippen LogP contribution >= 0.6 is 0 Å². The molecule has 0 bridgehead atoms. The van der Waals surface area contributed by atoms with Gasteiger partial charge in [0.15, 0.2) is 0 Å². The number of anilines is 6. The van der Waals surface area contributed by atoms with Gasteiger partial charge >= 0.3 is 0 Å². The Morgan fingerprint density at radius 1 is 0.297 bits per heavy atom. The van der Waals surface area contributed by atoms with E-state index in [1.807, 2.05) is 12.1 Å². The summed E-state index contributed by atoms with van der Waals surface area (Å²) in [5.74, 6) is 0. The van der Waals surface area contributed by atoms with Crippen LogP contribution in [0.1, 0.15) is 47.2 Å². The van der Waals surface area contributed by atoms with Gasteiger partial charge in [0, 0.05) is 50.0 Å². The minimum atomic E-state index is -0.517. The number of nitrogens with zero attached hydrogens (tertiary/aromatic N) is 2. The average molecular weight is 949 g/mol. The summed E-state index contributed by atoms with van der Waals surface area (Å²) in [4.78, 5) is 4.85. The second kappa shape index (κ2) is 16.1. The van der Waals surface area contributed by atoms with Gasteiger partial charge < -0.3 is 18.6 Å². The number of fused-ring (bicyclic) bond motifs is 12. The zero-order valence-electron chi connectivity index (χ0n) is 41.0. The van der Waals surface area contributed by atoms with Crippen LogP contribution < -0.4 is 9.80 Å². The highest BCUT2D eigenvalue weighted by Gasteiger charge is 2.46. The SMILES string of the molecule is CC1(C)c2ccccc2-c2cc(N(c3cccc(N(c4ccc5c(c4)-c4ccccc4C5(c4ccccc4)c4ccccc4)c4ccc5oc6ccccc6c5c4)c3)c3cccc4oc5ccccc5c34)ccc21. The summed E-state index contributed by atoms with van der Waals surface area (Å²) in [6.07, 6.45) is 0. The van der Waals surface area contributed by atoms with Gasteiger partial charge in [-0.3, -0.25) is 0 Å². The van der Waals surface area contributed by atoms with Gasteiger partial charge in [-0.2, -0.15) is 0 Å². The topological polar surface area (TPSA) is 32.8 Å². The Hall–Kier alpha value is -9.38. The molecular formula is C70H48N2O2.